The Morgan fingerprint density at radius 1 is 1.24 bits per heavy atom. The van der Waals surface area contributed by atoms with Gasteiger partial charge in [-0.25, -0.2) is 0 Å². The first kappa shape index (κ1) is 13.1. The van der Waals surface area contributed by atoms with Crippen molar-refractivity contribution in [2.75, 3.05) is 26.3 Å². The standard InChI is InChI=1S/C11H10BrCl2NO2/c12-8-6-9(13)7(5-10(8)14)11(16)15-1-3-17-4-2-15/h5-6H,1-4H2. The van der Waals surface area contributed by atoms with Crippen LogP contribution in [0.2, 0.25) is 10.0 Å². The third kappa shape index (κ3) is 2.94. The number of carbonyl (C=O) groups excluding carboxylic acids is 1. The molecule has 6 heteroatoms. The lowest BCUT2D eigenvalue weighted by atomic mass is 10.2. The van der Waals surface area contributed by atoms with E-state index in [9.17, 15) is 4.79 Å². The largest absolute Gasteiger partial charge is 0.378 e. The third-order valence-corrected chi connectivity index (χ3v) is 4.05. The van der Waals surface area contributed by atoms with Gasteiger partial charge in [0.05, 0.1) is 28.8 Å². The van der Waals surface area contributed by atoms with Crippen LogP contribution in [0.4, 0.5) is 0 Å². The van der Waals surface area contributed by atoms with E-state index in [1.54, 1.807) is 17.0 Å². The molecule has 0 spiro atoms. The number of hydrogen-bond acceptors (Lipinski definition) is 2. The zero-order valence-electron chi connectivity index (χ0n) is 8.88. The van der Waals surface area contributed by atoms with Crippen LogP contribution in [0.1, 0.15) is 10.4 Å². The summed E-state index contributed by atoms with van der Waals surface area (Å²) in [5.74, 6) is -0.104. The number of amides is 1. The van der Waals surface area contributed by atoms with Crippen LogP contribution in [0.25, 0.3) is 0 Å². The average Bonchev–Trinajstić information content (AvgIpc) is 2.34. The summed E-state index contributed by atoms with van der Waals surface area (Å²) in [6.45, 7) is 2.30. The van der Waals surface area contributed by atoms with Gasteiger partial charge < -0.3 is 9.64 Å². The normalized spacial score (nSPS) is 16.1. The molecular formula is C11H10BrCl2NO2. The van der Waals surface area contributed by atoms with E-state index in [0.29, 0.717) is 46.4 Å². The number of ether oxygens (including phenoxy) is 1. The lowest BCUT2D eigenvalue weighted by molar-refractivity contribution is 0.0303. The van der Waals surface area contributed by atoms with Gasteiger partial charge in [0.2, 0.25) is 0 Å². The van der Waals surface area contributed by atoms with Crippen molar-refractivity contribution in [3.05, 3.63) is 32.2 Å². The molecule has 1 saturated heterocycles. The van der Waals surface area contributed by atoms with Crippen molar-refractivity contribution in [3.8, 4) is 0 Å². The Balaban J connectivity index is 2.26. The molecule has 0 bridgehead atoms. The smallest absolute Gasteiger partial charge is 0.255 e. The second-order valence-electron chi connectivity index (χ2n) is 3.65. The summed E-state index contributed by atoms with van der Waals surface area (Å²) in [6, 6.07) is 3.23. The Hall–Kier alpha value is -0.290. The molecule has 1 heterocycles. The zero-order chi connectivity index (χ0) is 12.4. The van der Waals surface area contributed by atoms with Crippen LogP contribution >= 0.6 is 39.1 Å². The number of benzene rings is 1. The van der Waals surface area contributed by atoms with E-state index in [1.165, 1.54) is 0 Å². The van der Waals surface area contributed by atoms with Crippen molar-refractivity contribution >= 4 is 45.0 Å². The van der Waals surface area contributed by atoms with E-state index in [4.69, 9.17) is 27.9 Å². The van der Waals surface area contributed by atoms with Crippen molar-refractivity contribution in [3.63, 3.8) is 0 Å². The fraction of sp³-hybridized carbons (Fsp3) is 0.364. The Labute approximate surface area is 118 Å². The van der Waals surface area contributed by atoms with E-state index in [0.717, 1.165) is 0 Å². The molecule has 0 atom stereocenters. The Bertz CT molecular complexity index is 447. The summed E-state index contributed by atoms with van der Waals surface area (Å²) in [4.78, 5) is 13.9. The van der Waals surface area contributed by atoms with Gasteiger partial charge in [-0.15, -0.1) is 0 Å². The second-order valence-corrected chi connectivity index (χ2v) is 5.32. The molecule has 1 aromatic rings. The average molecular weight is 339 g/mol. The van der Waals surface area contributed by atoms with Gasteiger partial charge in [0.15, 0.2) is 0 Å². The maximum Gasteiger partial charge on any atom is 0.255 e. The topological polar surface area (TPSA) is 29.5 Å². The monoisotopic (exact) mass is 337 g/mol. The predicted octanol–water partition coefficient (Wildman–Crippen LogP) is 3.23. The molecule has 1 amide bonds. The van der Waals surface area contributed by atoms with Crippen molar-refractivity contribution in [1.82, 2.24) is 4.90 Å². The van der Waals surface area contributed by atoms with Gasteiger partial charge in [-0.3, -0.25) is 4.79 Å². The highest BCUT2D eigenvalue weighted by Gasteiger charge is 2.21. The summed E-state index contributed by atoms with van der Waals surface area (Å²) in [5.41, 5.74) is 0.432. The molecule has 0 aromatic heterocycles. The minimum absolute atomic E-state index is 0.104. The highest BCUT2D eigenvalue weighted by atomic mass is 79.9. The number of morpholine rings is 1. The van der Waals surface area contributed by atoms with E-state index in [1.807, 2.05) is 0 Å². The fourth-order valence-corrected chi connectivity index (χ4v) is 2.51. The summed E-state index contributed by atoms with van der Waals surface area (Å²) in [7, 11) is 0. The molecule has 1 aliphatic heterocycles. The molecule has 0 radical (unpaired) electrons. The Kier molecular flexibility index (Phi) is 4.31. The van der Waals surface area contributed by atoms with Gasteiger partial charge in [-0.1, -0.05) is 23.2 Å². The Morgan fingerprint density at radius 2 is 1.88 bits per heavy atom. The third-order valence-electron chi connectivity index (χ3n) is 2.54. The number of rotatable bonds is 1. The van der Waals surface area contributed by atoms with Crippen molar-refractivity contribution in [1.29, 1.82) is 0 Å². The highest BCUT2D eigenvalue weighted by molar-refractivity contribution is 9.10. The van der Waals surface area contributed by atoms with Crippen LogP contribution in [0.3, 0.4) is 0 Å². The van der Waals surface area contributed by atoms with Gasteiger partial charge in [0.1, 0.15) is 0 Å². The molecule has 1 aromatic carbocycles. The summed E-state index contributed by atoms with van der Waals surface area (Å²) >= 11 is 15.3. The van der Waals surface area contributed by atoms with Gasteiger partial charge >= 0.3 is 0 Å². The van der Waals surface area contributed by atoms with Crippen LogP contribution < -0.4 is 0 Å². The van der Waals surface area contributed by atoms with Crippen LogP contribution in [-0.4, -0.2) is 37.1 Å². The van der Waals surface area contributed by atoms with E-state index in [2.05, 4.69) is 15.9 Å². The van der Waals surface area contributed by atoms with Crippen molar-refractivity contribution in [2.45, 2.75) is 0 Å². The lowest BCUT2D eigenvalue weighted by Gasteiger charge is -2.27. The molecule has 1 fully saturated rings. The zero-order valence-corrected chi connectivity index (χ0v) is 12.0. The van der Waals surface area contributed by atoms with Crippen LogP contribution in [0, 0.1) is 0 Å². The highest BCUT2D eigenvalue weighted by Crippen LogP contribution is 2.30. The molecule has 17 heavy (non-hydrogen) atoms. The van der Waals surface area contributed by atoms with Crippen LogP contribution in [0.15, 0.2) is 16.6 Å². The molecule has 92 valence electrons. The first-order valence-electron chi connectivity index (χ1n) is 5.11. The van der Waals surface area contributed by atoms with Crippen molar-refractivity contribution in [2.24, 2.45) is 0 Å². The maximum atomic E-state index is 12.2. The maximum absolute atomic E-state index is 12.2. The molecule has 0 N–H and O–H groups in total. The predicted molar refractivity (Wildman–Crippen MR) is 70.9 cm³/mol. The van der Waals surface area contributed by atoms with Gasteiger partial charge in [-0.2, -0.15) is 0 Å². The molecule has 0 aliphatic carbocycles. The van der Waals surface area contributed by atoms with E-state index < -0.39 is 0 Å². The minimum Gasteiger partial charge on any atom is -0.378 e. The SMILES string of the molecule is O=C(c1cc(Cl)c(Br)cc1Cl)N1CCOCC1. The summed E-state index contributed by atoms with van der Waals surface area (Å²) < 4.78 is 5.88. The number of halogens is 3. The van der Waals surface area contributed by atoms with E-state index in [-0.39, 0.29) is 5.91 Å². The van der Waals surface area contributed by atoms with Gasteiger partial charge in [0.25, 0.3) is 5.91 Å². The van der Waals surface area contributed by atoms with E-state index >= 15 is 0 Å². The molecule has 1 aliphatic rings. The first-order valence-corrected chi connectivity index (χ1v) is 6.66. The molecule has 2 rings (SSSR count). The Morgan fingerprint density at radius 3 is 2.53 bits per heavy atom. The second kappa shape index (κ2) is 5.57. The molecular weight excluding hydrogens is 329 g/mol. The van der Waals surface area contributed by atoms with Crippen LogP contribution in [0.5, 0.6) is 0 Å². The quantitative estimate of drug-likeness (QED) is 0.736. The number of carbonyl (C=O) groups is 1. The van der Waals surface area contributed by atoms with Crippen LogP contribution in [-0.2, 0) is 4.74 Å². The lowest BCUT2D eigenvalue weighted by Crippen LogP contribution is -2.40. The van der Waals surface area contributed by atoms with Gasteiger partial charge in [-0.05, 0) is 28.1 Å². The molecule has 0 saturated carbocycles. The molecule has 0 unspecified atom stereocenters. The first-order chi connectivity index (χ1) is 8.09. The van der Waals surface area contributed by atoms with Gasteiger partial charge in [0, 0.05) is 17.6 Å². The number of hydrogen-bond donors (Lipinski definition) is 0. The van der Waals surface area contributed by atoms with Crippen molar-refractivity contribution < 1.29 is 9.53 Å². The summed E-state index contributed by atoms with van der Waals surface area (Å²) in [5, 5.41) is 0.878. The molecule has 3 nitrogen and oxygen atoms in total. The fourth-order valence-electron chi connectivity index (χ4n) is 1.62. The summed E-state index contributed by atoms with van der Waals surface area (Å²) in [6.07, 6.45) is 0. The number of nitrogens with zero attached hydrogens (tertiary/aromatic N) is 1. The minimum atomic E-state index is -0.104.